The molecule has 2 amide bonds. The van der Waals surface area contributed by atoms with Crippen LogP contribution in [0.1, 0.15) is 31.4 Å². The smallest absolute Gasteiger partial charge is 0.318 e. The lowest BCUT2D eigenvalue weighted by Gasteiger charge is -2.26. The van der Waals surface area contributed by atoms with E-state index in [9.17, 15) is 4.79 Å². The van der Waals surface area contributed by atoms with Crippen LogP contribution in [0.15, 0.2) is 53.7 Å². The Balaban J connectivity index is 1.69. The highest BCUT2D eigenvalue weighted by atomic mass is 35.5. The van der Waals surface area contributed by atoms with E-state index >= 15 is 0 Å². The highest BCUT2D eigenvalue weighted by molar-refractivity contribution is 6.34. The molecule has 0 aliphatic carbocycles. The second-order valence-electron chi connectivity index (χ2n) is 7.06. The van der Waals surface area contributed by atoms with Crippen molar-refractivity contribution in [3.63, 3.8) is 0 Å². The van der Waals surface area contributed by atoms with Gasteiger partial charge in [-0.15, -0.1) is 0 Å². The fourth-order valence-corrected chi connectivity index (χ4v) is 3.50. The van der Waals surface area contributed by atoms with Crippen molar-refractivity contribution in [1.29, 1.82) is 0 Å². The highest BCUT2D eigenvalue weighted by Crippen LogP contribution is 2.24. The molecule has 3 rings (SSSR count). The molecule has 0 spiro atoms. The molecular weight excluding hydrogens is 397 g/mol. The molecule has 0 saturated carbocycles. The lowest BCUT2D eigenvalue weighted by Crippen LogP contribution is -2.45. The summed E-state index contributed by atoms with van der Waals surface area (Å²) in [4.78, 5) is 20.0. The molecular formula is C21H23Cl2N3O2. The van der Waals surface area contributed by atoms with Crippen molar-refractivity contribution in [3.05, 3.63) is 69.7 Å². The minimum atomic E-state index is -0.233. The summed E-state index contributed by atoms with van der Waals surface area (Å²) in [6, 6.07) is 14.9. The van der Waals surface area contributed by atoms with Crippen molar-refractivity contribution in [2.24, 2.45) is 5.16 Å². The van der Waals surface area contributed by atoms with Crippen molar-refractivity contribution in [1.82, 2.24) is 10.2 Å². The Labute approximate surface area is 175 Å². The highest BCUT2D eigenvalue weighted by Gasteiger charge is 2.28. The molecule has 148 valence electrons. The first kappa shape index (κ1) is 20.5. The van der Waals surface area contributed by atoms with Crippen LogP contribution in [-0.2, 0) is 11.4 Å². The summed E-state index contributed by atoms with van der Waals surface area (Å²) in [5, 5.41) is 8.42. The van der Waals surface area contributed by atoms with Gasteiger partial charge in [0.05, 0.1) is 12.3 Å². The van der Waals surface area contributed by atoms with Crippen LogP contribution in [0.2, 0.25) is 10.0 Å². The summed E-state index contributed by atoms with van der Waals surface area (Å²) in [6.07, 6.45) is 0.355. The van der Waals surface area contributed by atoms with Gasteiger partial charge in [-0.2, -0.15) is 0 Å². The average molecular weight is 420 g/mol. The summed E-state index contributed by atoms with van der Waals surface area (Å²) in [5.41, 5.74) is 2.61. The van der Waals surface area contributed by atoms with Crippen LogP contribution in [0.4, 0.5) is 4.79 Å². The molecule has 1 atom stereocenters. The SMILES string of the molecule is CC(C)NC(=O)N(Cc1cccc(Cl)c1)CC1CC(c2ccccc2Cl)=NO1. The zero-order valence-corrected chi connectivity index (χ0v) is 17.4. The third kappa shape index (κ3) is 5.40. The van der Waals surface area contributed by atoms with Crippen molar-refractivity contribution >= 4 is 34.9 Å². The Kier molecular flexibility index (Phi) is 6.81. The molecule has 0 saturated heterocycles. The molecule has 7 heteroatoms. The monoisotopic (exact) mass is 419 g/mol. The van der Waals surface area contributed by atoms with Crippen LogP contribution in [0.3, 0.4) is 0 Å². The van der Waals surface area contributed by atoms with Gasteiger partial charge in [0.2, 0.25) is 0 Å². The molecule has 5 nitrogen and oxygen atoms in total. The van der Waals surface area contributed by atoms with Gasteiger partial charge in [0, 0.05) is 34.6 Å². The average Bonchev–Trinajstić information content (AvgIpc) is 3.09. The van der Waals surface area contributed by atoms with E-state index in [2.05, 4.69) is 10.5 Å². The van der Waals surface area contributed by atoms with Crippen LogP contribution in [-0.4, -0.2) is 35.3 Å². The van der Waals surface area contributed by atoms with Crippen molar-refractivity contribution < 1.29 is 9.63 Å². The number of carbonyl (C=O) groups excluding carboxylic acids is 1. The Bertz CT molecular complexity index is 870. The number of nitrogens with zero attached hydrogens (tertiary/aromatic N) is 2. The number of nitrogens with one attached hydrogen (secondary N) is 1. The standard InChI is InChI=1S/C21H23Cl2N3O2/c1-14(2)24-21(27)26(12-15-6-5-7-16(22)10-15)13-17-11-20(25-28-17)18-8-3-4-9-19(18)23/h3-10,14,17H,11-13H2,1-2H3,(H,24,27). The van der Waals surface area contributed by atoms with Gasteiger partial charge in [0.25, 0.3) is 0 Å². The minimum absolute atomic E-state index is 0.0359. The first-order valence-electron chi connectivity index (χ1n) is 9.20. The van der Waals surface area contributed by atoms with Gasteiger partial charge in [0.15, 0.2) is 6.10 Å². The summed E-state index contributed by atoms with van der Waals surface area (Å²) >= 11 is 12.4. The third-order valence-electron chi connectivity index (χ3n) is 4.30. The second kappa shape index (κ2) is 9.30. The molecule has 2 aromatic carbocycles. The van der Waals surface area contributed by atoms with E-state index in [1.54, 1.807) is 4.90 Å². The zero-order chi connectivity index (χ0) is 20.1. The number of rotatable bonds is 6. The van der Waals surface area contributed by atoms with Gasteiger partial charge in [-0.1, -0.05) is 58.7 Å². The Morgan fingerprint density at radius 3 is 2.75 bits per heavy atom. The molecule has 1 aliphatic heterocycles. The molecule has 0 bridgehead atoms. The predicted octanol–water partition coefficient (Wildman–Crippen LogP) is 5.11. The largest absolute Gasteiger partial charge is 0.390 e. The topological polar surface area (TPSA) is 53.9 Å². The van der Waals surface area contributed by atoms with Gasteiger partial charge < -0.3 is 15.1 Å². The van der Waals surface area contributed by atoms with E-state index in [0.717, 1.165) is 16.8 Å². The second-order valence-corrected chi connectivity index (χ2v) is 7.91. The van der Waals surface area contributed by atoms with Crippen molar-refractivity contribution in [2.75, 3.05) is 6.54 Å². The summed E-state index contributed by atoms with van der Waals surface area (Å²) < 4.78 is 0. The number of urea groups is 1. The van der Waals surface area contributed by atoms with Gasteiger partial charge in [-0.25, -0.2) is 4.79 Å². The van der Waals surface area contributed by atoms with Gasteiger partial charge in [0.1, 0.15) is 0 Å². The zero-order valence-electron chi connectivity index (χ0n) is 15.9. The molecule has 2 aromatic rings. The van der Waals surface area contributed by atoms with Crippen LogP contribution >= 0.6 is 23.2 Å². The number of benzene rings is 2. The van der Waals surface area contributed by atoms with Gasteiger partial charge in [-0.05, 0) is 37.6 Å². The number of hydrogen-bond donors (Lipinski definition) is 1. The molecule has 1 N–H and O–H groups in total. The van der Waals surface area contributed by atoms with E-state index in [1.807, 2.05) is 62.4 Å². The van der Waals surface area contributed by atoms with Crippen LogP contribution in [0.5, 0.6) is 0 Å². The Morgan fingerprint density at radius 1 is 1.25 bits per heavy atom. The maximum absolute atomic E-state index is 12.7. The quantitative estimate of drug-likeness (QED) is 0.707. The molecule has 1 heterocycles. The predicted molar refractivity (Wildman–Crippen MR) is 113 cm³/mol. The maximum Gasteiger partial charge on any atom is 0.318 e. The number of hydrogen-bond acceptors (Lipinski definition) is 3. The van der Waals surface area contributed by atoms with E-state index in [0.29, 0.717) is 29.6 Å². The number of carbonyl (C=O) groups is 1. The number of halogens is 2. The van der Waals surface area contributed by atoms with Crippen molar-refractivity contribution in [2.45, 2.75) is 39.0 Å². The van der Waals surface area contributed by atoms with E-state index in [1.165, 1.54) is 0 Å². The minimum Gasteiger partial charge on any atom is -0.390 e. The van der Waals surface area contributed by atoms with Crippen LogP contribution < -0.4 is 5.32 Å². The molecule has 0 aromatic heterocycles. The maximum atomic E-state index is 12.7. The Hall–Kier alpha value is -2.24. The van der Waals surface area contributed by atoms with E-state index in [-0.39, 0.29) is 18.2 Å². The normalized spacial score (nSPS) is 15.9. The molecule has 1 unspecified atom stereocenters. The molecule has 28 heavy (non-hydrogen) atoms. The van der Waals surface area contributed by atoms with Crippen LogP contribution in [0, 0.1) is 0 Å². The van der Waals surface area contributed by atoms with E-state index in [4.69, 9.17) is 28.0 Å². The fourth-order valence-electron chi connectivity index (χ4n) is 3.04. The van der Waals surface area contributed by atoms with Gasteiger partial charge >= 0.3 is 6.03 Å². The molecule has 0 fully saturated rings. The fraction of sp³-hybridized carbons (Fsp3) is 0.333. The molecule has 1 aliphatic rings. The third-order valence-corrected chi connectivity index (χ3v) is 4.87. The first-order chi connectivity index (χ1) is 13.4. The Morgan fingerprint density at radius 2 is 2.04 bits per heavy atom. The number of oxime groups is 1. The summed E-state index contributed by atoms with van der Waals surface area (Å²) in [5.74, 6) is 0. The molecule has 0 radical (unpaired) electrons. The van der Waals surface area contributed by atoms with Gasteiger partial charge in [-0.3, -0.25) is 0 Å². The van der Waals surface area contributed by atoms with Crippen LogP contribution in [0.25, 0.3) is 0 Å². The van der Waals surface area contributed by atoms with Crippen molar-refractivity contribution in [3.8, 4) is 0 Å². The summed E-state index contributed by atoms with van der Waals surface area (Å²) in [6.45, 7) is 4.70. The summed E-state index contributed by atoms with van der Waals surface area (Å²) in [7, 11) is 0. The van der Waals surface area contributed by atoms with E-state index < -0.39 is 0 Å². The lowest BCUT2D eigenvalue weighted by molar-refractivity contribution is 0.0586. The first-order valence-corrected chi connectivity index (χ1v) is 9.95. The number of amides is 2. The lowest BCUT2D eigenvalue weighted by atomic mass is 10.0.